The first-order valence-electron chi connectivity index (χ1n) is 3.78. The molecule has 1 heterocycles. The third-order valence-electron chi connectivity index (χ3n) is 2.21. The first-order valence-corrected chi connectivity index (χ1v) is 4.19. The average Bonchev–Trinajstić information content (AvgIpc) is 2.45. The van der Waals surface area contributed by atoms with E-state index in [1.54, 1.807) is 0 Å². The minimum Gasteiger partial charge on any atom is -0.396 e. The van der Waals surface area contributed by atoms with Gasteiger partial charge in [0.2, 0.25) is 0 Å². The summed E-state index contributed by atoms with van der Waals surface area (Å²) in [5.74, 6) is 0. The molecule has 58 valence electrons. The topological polar surface area (TPSA) is 41.8 Å². The fourth-order valence-corrected chi connectivity index (χ4v) is 1.78. The largest absolute Gasteiger partial charge is 0.396 e. The van der Waals surface area contributed by atoms with Crippen LogP contribution in [0.15, 0.2) is 6.20 Å². The number of aromatic nitrogens is 1. The Morgan fingerprint density at radius 2 is 2.27 bits per heavy atom. The first-order chi connectivity index (χ1) is 5.29. The molecule has 1 aliphatic rings. The van der Waals surface area contributed by atoms with Crippen molar-refractivity contribution >= 4 is 17.9 Å². The van der Waals surface area contributed by atoms with Gasteiger partial charge in [0.15, 0.2) is 0 Å². The van der Waals surface area contributed by atoms with Crippen molar-refractivity contribution in [3.63, 3.8) is 0 Å². The Morgan fingerprint density at radius 3 is 3.09 bits per heavy atom. The van der Waals surface area contributed by atoms with E-state index in [0.717, 1.165) is 18.5 Å². The lowest BCUT2D eigenvalue weighted by Gasteiger charge is -2.01. The zero-order valence-corrected chi connectivity index (χ0v) is 7.00. The molecule has 2 rings (SSSR count). The molecule has 0 aliphatic heterocycles. The molecule has 1 aliphatic carbocycles. The van der Waals surface area contributed by atoms with Crippen molar-refractivity contribution in [3.8, 4) is 0 Å². The normalized spacial score (nSPS) is 14.9. The molecule has 1 aromatic rings. The van der Waals surface area contributed by atoms with Crippen LogP contribution in [0.2, 0.25) is 0 Å². The van der Waals surface area contributed by atoms with Crippen molar-refractivity contribution in [1.82, 2.24) is 4.98 Å². The third kappa shape index (κ3) is 0.959. The van der Waals surface area contributed by atoms with Gasteiger partial charge in [0, 0.05) is 6.20 Å². The van der Waals surface area contributed by atoms with Crippen molar-refractivity contribution < 1.29 is 0 Å². The molecule has 0 aromatic carbocycles. The Bertz CT molecular complexity index is 340. The lowest BCUT2D eigenvalue weighted by atomic mass is 10.1. The van der Waals surface area contributed by atoms with Crippen molar-refractivity contribution in [2.45, 2.75) is 19.3 Å². The Morgan fingerprint density at radius 1 is 1.45 bits per heavy atom. The molecule has 0 saturated carbocycles. The third-order valence-corrected chi connectivity index (χ3v) is 2.55. The second kappa shape index (κ2) is 2.34. The fourth-order valence-electron chi connectivity index (χ4n) is 1.60. The standard InChI is InChI=1S/C8H10N2S/c9-7-6-3-1-2-5(6)4-10-8(7)11/h4H,1-3,9H2,(H,10,11). The summed E-state index contributed by atoms with van der Waals surface area (Å²) in [6.07, 6.45) is 5.44. The summed E-state index contributed by atoms with van der Waals surface area (Å²) in [5, 5.41) is 0. The van der Waals surface area contributed by atoms with Crippen molar-refractivity contribution in [1.29, 1.82) is 0 Å². The maximum absolute atomic E-state index is 5.80. The number of nitrogens with two attached hydrogens (primary N) is 1. The van der Waals surface area contributed by atoms with Crippen molar-refractivity contribution in [2.75, 3.05) is 5.73 Å². The second-order valence-corrected chi connectivity index (χ2v) is 3.30. The van der Waals surface area contributed by atoms with Crippen LogP contribution in [0.25, 0.3) is 0 Å². The highest BCUT2D eigenvalue weighted by atomic mass is 32.1. The summed E-state index contributed by atoms with van der Waals surface area (Å²) in [4.78, 5) is 2.99. The molecular formula is C8H10N2S. The lowest BCUT2D eigenvalue weighted by Crippen LogP contribution is -1.96. The fraction of sp³-hybridized carbons (Fsp3) is 0.375. The van der Waals surface area contributed by atoms with E-state index in [1.165, 1.54) is 17.5 Å². The second-order valence-electron chi connectivity index (χ2n) is 2.89. The van der Waals surface area contributed by atoms with E-state index in [4.69, 9.17) is 18.0 Å². The number of anilines is 1. The van der Waals surface area contributed by atoms with Gasteiger partial charge in [0.25, 0.3) is 0 Å². The molecule has 0 bridgehead atoms. The molecule has 3 N–H and O–H groups in total. The van der Waals surface area contributed by atoms with Gasteiger partial charge in [-0.1, -0.05) is 12.2 Å². The number of rotatable bonds is 0. The molecule has 0 amide bonds. The number of hydrogen-bond donors (Lipinski definition) is 2. The van der Waals surface area contributed by atoms with Gasteiger partial charge in [-0.3, -0.25) is 0 Å². The number of aromatic amines is 1. The highest BCUT2D eigenvalue weighted by Crippen LogP contribution is 2.26. The summed E-state index contributed by atoms with van der Waals surface area (Å²) < 4.78 is 0.686. The van der Waals surface area contributed by atoms with E-state index in [0.29, 0.717) is 4.64 Å². The predicted octanol–water partition coefficient (Wildman–Crippen LogP) is 1.82. The van der Waals surface area contributed by atoms with Crippen LogP contribution in [0.3, 0.4) is 0 Å². The highest BCUT2D eigenvalue weighted by Gasteiger charge is 2.13. The van der Waals surface area contributed by atoms with Gasteiger partial charge >= 0.3 is 0 Å². The van der Waals surface area contributed by atoms with Gasteiger partial charge in [0.05, 0.1) is 5.69 Å². The van der Waals surface area contributed by atoms with E-state index in [9.17, 15) is 0 Å². The van der Waals surface area contributed by atoms with Crippen LogP contribution >= 0.6 is 12.2 Å². The molecule has 11 heavy (non-hydrogen) atoms. The molecular weight excluding hydrogens is 156 g/mol. The quantitative estimate of drug-likeness (QED) is 0.577. The van der Waals surface area contributed by atoms with Gasteiger partial charge in [-0.25, -0.2) is 0 Å². The van der Waals surface area contributed by atoms with Gasteiger partial charge in [0.1, 0.15) is 4.64 Å². The number of nitrogen functional groups attached to an aromatic ring is 1. The molecule has 0 atom stereocenters. The lowest BCUT2D eigenvalue weighted by molar-refractivity contribution is 0.911. The van der Waals surface area contributed by atoms with E-state index < -0.39 is 0 Å². The summed E-state index contributed by atoms with van der Waals surface area (Å²) in [5.41, 5.74) is 9.20. The highest BCUT2D eigenvalue weighted by molar-refractivity contribution is 7.71. The zero-order valence-electron chi connectivity index (χ0n) is 6.18. The van der Waals surface area contributed by atoms with E-state index >= 15 is 0 Å². The summed E-state index contributed by atoms with van der Waals surface area (Å²) >= 11 is 5.01. The van der Waals surface area contributed by atoms with Crippen LogP contribution in [0.1, 0.15) is 17.5 Å². The van der Waals surface area contributed by atoms with Crippen LogP contribution in [0.4, 0.5) is 5.69 Å². The van der Waals surface area contributed by atoms with Gasteiger partial charge < -0.3 is 10.7 Å². The van der Waals surface area contributed by atoms with Crippen LogP contribution in [0.5, 0.6) is 0 Å². The minimum absolute atomic E-state index is 0.686. The first kappa shape index (κ1) is 6.85. The van der Waals surface area contributed by atoms with E-state index in [-0.39, 0.29) is 0 Å². The van der Waals surface area contributed by atoms with Gasteiger partial charge in [-0.05, 0) is 30.4 Å². The molecule has 0 unspecified atom stereocenters. The van der Waals surface area contributed by atoms with Crippen molar-refractivity contribution in [2.24, 2.45) is 0 Å². The minimum atomic E-state index is 0.686. The maximum Gasteiger partial charge on any atom is 0.126 e. The molecule has 0 spiro atoms. The molecule has 0 radical (unpaired) electrons. The number of fused-ring (bicyclic) bond motifs is 1. The van der Waals surface area contributed by atoms with Crippen LogP contribution < -0.4 is 5.73 Å². The Balaban J connectivity index is 2.72. The Kier molecular flexibility index (Phi) is 1.46. The van der Waals surface area contributed by atoms with E-state index in [1.807, 2.05) is 6.20 Å². The number of aryl methyl sites for hydroxylation is 1. The van der Waals surface area contributed by atoms with Crippen LogP contribution in [0, 0.1) is 4.64 Å². The summed E-state index contributed by atoms with van der Waals surface area (Å²) in [6, 6.07) is 0. The monoisotopic (exact) mass is 166 g/mol. The van der Waals surface area contributed by atoms with E-state index in [2.05, 4.69) is 4.98 Å². The molecule has 0 saturated heterocycles. The Labute approximate surface area is 70.4 Å². The average molecular weight is 166 g/mol. The molecule has 1 aromatic heterocycles. The molecule has 0 fully saturated rings. The number of nitrogens with one attached hydrogen (secondary N) is 1. The maximum atomic E-state index is 5.80. The van der Waals surface area contributed by atoms with Crippen LogP contribution in [-0.2, 0) is 12.8 Å². The number of hydrogen-bond acceptors (Lipinski definition) is 2. The van der Waals surface area contributed by atoms with Crippen molar-refractivity contribution in [3.05, 3.63) is 22.0 Å². The van der Waals surface area contributed by atoms with Gasteiger partial charge in [-0.15, -0.1) is 0 Å². The SMILES string of the molecule is Nc1c2c(c[nH]c1=S)CCC2. The summed E-state index contributed by atoms with van der Waals surface area (Å²) in [7, 11) is 0. The number of H-pyrrole nitrogens is 1. The van der Waals surface area contributed by atoms with Crippen LogP contribution in [-0.4, -0.2) is 4.98 Å². The van der Waals surface area contributed by atoms with Gasteiger partial charge in [-0.2, -0.15) is 0 Å². The molecule has 2 nitrogen and oxygen atoms in total. The molecule has 3 heteroatoms. The smallest absolute Gasteiger partial charge is 0.126 e. The summed E-state index contributed by atoms with van der Waals surface area (Å²) in [6.45, 7) is 0. The number of pyridine rings is 1. The predicted molar refractivity (Wildman–Crippen MR) is 48.1 cm³/mol. The zero-order chi connectivity index (χ0) is 7.84. The Hall–Kier alpha value is -0.830.